The van der Waals surface area contributed by atoms with Crippen LogP contribution in [0, 0.1) is 0 Å². The van der Waals surface area contributed by atoms with E-state index in [1.165, 1.54) is 10.5 Å². The van der Waals surface area contributed by atoms with Crippen molar-refractivity contribution in [3.8, 4) is 0 Å². The lowest BCUT2D eigenvalue weighted by Gasteiger charge is -2.23. The molecule has 3 nitrogen and oxygen atoms in total. The second kappa shape index (κ2) is 7.79. The molecule has 1 unspecified atom stereocenters. The van der Waals surface area contributed by atoms with E-state index in [4.69, 9.17) is 4.74 Å². The van der Waals surface area contributed by atoms with Crippen LogP contribution in [0.2, 0.25) is 0 Å². The Hall–Kier alpha value is -0.550. The third kappa shape index (κ3) is 5.87. The minimum atomic E-state index is -0.713. The second-order valence-corrected chi connectivity index (χ2v) is 5.57. The van der Waals surface area contributed by atoms with Gasteiger partial charge in [0.1, 0.15) is 0 Å². The summed E-state index contributed by atoms with van der Waals surface area (Å²) in [6.45, 7) is 3.76. The van der Waals surface area contributed by atoms with Crippen molar-refractivity contribution in [2.24, 2.45) is 0 Å². The van der Waals surface area contributed by atoms with Gasteiger partial charge < -0.3 is 15.2 Å². The number of benzene rings is 1. The van der Waals surface area contributed by atoms with E-state index in [0.717, 1.165) is 6.54 Å². The number of thioether (sulfide) groups is 1. The fraction of sp³-hybridized carbons (Fsp3) is 0.571. The molecule has 0 aromatic heterocycles. The first-order valence-electron chi connectivity index (χ1n) is 6.12. The molecule has 0 aliphatic carbocycles. The molecule has 4 heteroatoms. The normalized spacial score (nSPS) is 14.4. The molecule has 2 N–H and O–H groups in total. The maximum absolute atomic E-state index is 10.1. The molecular weight excluding hydrogens is 246 g/mol. The van der Waals surface area contributed by atoms with Crippen LogP contribution < -0.4 is 5.32 Å². The van der Waals surface area contributed by atoms with Gasteiger partial charge in [-0.1, -0.05) is 12.1 Å². The summed E-state index contributed by atoms with van der Waals surface area (Å²) < 4.78 is 4.98. The lowest BCUT2D eigenvalue weighted by molar-refractivity contribution is 0.0247. The molecule has 1 atom stereocenters. The molecule has 0 spiro atoms. The Balaban J connectivity index is 2.31. The fourth-order valence-corrected chi connectivity index (χ4v) is 2.04. The van der Waals surface area contributed by atoms with Gasteiger partial charge >= 0.3 is 0 Å². The maximum Gasteiger partial charge on any atom is 0.0765 e. The van der Waals surface area contributed by atoms with Gasteiger partial charge in [-0.05, 0) is 30.9 Å². The van der Waals surface area contributed by atoms with Gasteiger partial charge in [0.2, 0.25) is 0 Å². The molecule has 0 heterocycles. The Morgan fingerprint density at radius 3 is 2.56 bits per heavy atom. The third-order valence-electron chi connectivity index (χ3n) is 2.84. The van der Waals surface area contributed by atoms with E-state index in [1.807, 2.05) is 6.92 Å². The number of methoxy groups -OCH3 is 1. The lowest BCUT2D eigenvalue weighted by atomic mass is 10.0. The Bertz CT molecular complexity index is 338. The van der Waals surface area contributed by atoms with Gasteiger partial charge in [0, 0.05) is 38.1 Å². The van der Waals surface area contributed by atoms with Crippen molar-refractivity contribution in [2.45, 2.75) is 30.4 Å². The van der Waals surface area contributed by atoms with Gasteiger partial charge in [0.15, 0.2) is 0 Å². The standard InChI is InChI=1S/C14H23NO2S/c1-14(16,8-9-17-2)11-15-10-12-4-6-13(18-3)7-5-12/h4-7,15-16H,8-11H2,1-3H3. The van der Waals surface area contributed by atoms with Gasteiger partial charge in [0.05, 0.1) is 5.60 Å². The predicted molar refractivity (Wildman–Crippen MR) is 77.0 cm³/mol. The molecule has 0 amide bonds. The van der Waals surface area contributed by atoms with Crippen LogP contribution in [0.1, 0.15) is 18.9 Å². The summed E-state index contributed by atoms with van der Waals surface area (Å²) in [5, 5.41) is 13.3. The monoisotopic (exact) mass is 269 g/mol. The average Bonchev–Trinajstić information content (AvgIpc) is 2.37. The van der Waals surface area contributed by atoms with Gasteiger partial charge in [-0.15, -0.1) is 11.8 Å². The van der Waals surface area contributed by atoms with Crippen molar-refractivity contribution in [2.75, 3.05) is 26.5 Å². The topological polar surface area (TPSA) is 41.5 Å². The Morgan fingerprint density at radius 2 is 2.00 bits per heavy atom. The number of hydrogen-bond acceptors (Lipinski definition) is 4. The molecule has 1 rings (SSSR count). The minimum absolute atomic E-state index is 0.570. The first-order chi connectivity index (χ1) is 8.57. The highest BCUT2D eigenvalue weighted by Crippen LogP contribution is 2.15. The van der Waals surface area contributed by atoms with Crippen LogP contribution >= 0.6 is 11.8 Å². The van der Waals surface area contributed by atoms with Crippen LogP contribution in [0.25, 0.3) is 0 Å². The van der Waals surface area contributed by atoms with E-state index in [-0.39, 0.29) is 0 Å². The first kappa shape index (κ1) is 15.5. The largest absolute Gasteiger partial charge is 0.389 e. The summed E-state index contributed by atoms with van der Waals surface area (Å²) in [6.07, 6.45) is 2.71. The number of nitrogens with one attached hydrogen (secondary N) is 1. The molecule has 0 fully saturated rings. The molecule has 1 aromatic carbocycles. The van der Waals surface area contributed by atoms with Gasteiger partial charge in [-0.25, -0.2) is 0 Å². The van der Waals surface area contributed by atoms with Crippen LogP contribution in [-0.2, 0) is 11.3 Å². The Kier molecular flexibility index (Phi) is 6.71. The predicted octanol–water partition coefficient (Wildman–Crippen LogP) is 2.29. The number of rotatable bonds is 8. The average molecular weight is 269 g/mol. The van der Waals surface area contributed by atoms with Crippen LogP contribution in [-0.4, -0.2) is 37.2 Å². The van der Waals surface area contributed by atoms with Crippen molar-refractivity contribution in [3.63, 3.8) is 0 Å². The van der Waals surface area contributed by atoms with Crippen molar-refractivity contribution in [1.82, 2.24) is 5.32 Å². The zero-order valence-corrected chi connectivity index (χ0v) is 12.2. The summed E-state index contributed by atoms with van der Waals surface area (Å²) in [6, 6.07) is 8.46. The van der Waals surface area contributed by atoms with Crippen molar-refractivity contribution in [3.05, 3.63) is 29.8 Å². The van der Waals surface area contributed by atoms with Gasteiger partial charge in [-0.2, -0.15) is 0 Å². The molecule has 0 radical (unpaired) electrons. The lowest BCUT2D eigenvalue weighted by Crippen LogP contribution is -2.38. The molecule has 0 bridgehead atoms. The smallest absolute Gasteiger partial charge is 0.0765 e. The SMILES string of the molecule is COCCC(C)(O)CNCc1ccc(SC)cc1. The Labute approximate surface area is 114 Å². The van der Waals surface area contributed by atoms with E-state index >= 15 is 0 Å². The zero-order chi connectivity index (χ0) is 13.4. The van der Waals surface area contributed by atoms with E-state index in [9.17, 15) is 5.11 Å². The first-order valence-corrected chi connectivity index (χ1v) is 7.35. The third-order valence-corrected chi connectivity index (χ3v) is 3.58. The van der Waals surface area contributed by atoms with Crippen molar-refractivity contribution < 1.29 is 9.84 Å². The molecular formula is C14H23NO2S. The maximum atomic E-state index is 10.1. The van der Waals surface area contributed by atoms with Crippen molar-refractivity contribution in [1.29, 1.82) is 0 Å². The Morgan fingerprint density at radius 1 is 1.33 bits per heavy atom. The quantitative estimate of drug-likeness (QED) is 0.711. The highest BCUT2D eigenvalue weighted by molar-refractivity contribution is 7.98. The van der Waals surface area contributed by atoms with E-state index < -0.39 is 5.60 Å². The highest BCUT2D eigenvalue weighted by Gasteiger charge is 2.18. The summed E-state index contributed by atoms with van der Waals surface area (Å²) in [5.74, 6) is 0. The van der Waals surface area contributed by atoms with Crippen LogP contribution in [0.4, 0.5) is 0 Å². The molecule has 0 saturated heterocycles. The van der Waals surface area contributed by atoms with E-state index in [2.05, 4.69) is 35.8 Å². The van der Waals surface area contributed by atoms with Crippen LogP contribution in [0.5, 0.6) is 0 Å². The van der Waals surface area contributed by atoms with E-state index in [1.54, 1.807) is 18.9 Å². The van der Waals surface area contributed by atoms with E-state index in [0.29, 0.717) is 19.6 Å². The van der Waals surface area contributed by atoms with Crippen LogP contribution in [0.15, 0.2) is 29.2 Å². The summed E-state index contributed by atoms with van der Waals surface area (Å²) >= 11 is 1.74. The fourth-order valence-electron chi connectivity index (χ4n) is 1.63. The highest BCUT2D eigenvalue weighted by atomic mass is 32.2. The number of ether oxygens (including phenoxy) is 1. The molecule has 1 aromatic rings. The zero-order valence-electron chi connectivity index (χ0n) is 11.4. The molecule has 0 saturated carbocycles. The molecule has 0 aliphatic heterocycles. The second-order valence-electron chi connectivity index (χ2n) is 4.69. The molecule has 102 valence electrons. The molecule has 0 aliphatic rings. The number of hydrogen-bond donors (Lipinski definition) is 2. The minimum Gasteiger partial charge on any atom is -0.389 e. The summed E-state index contributed by atoms with van der Waals surface area (Å²) in [4.78, 5) is 1.27. The van der Waals surface area contributed by atoms with Crippen molar-refractivity contribution >= 4 is 11.8 Å². The van der Waals surface area contributed by atoms with Gasteiger partial charge in [-0.3, -0.25) is 0 Å². The van der Waals surface area contributed by atoms with Gasteiger partial charge in [0.25, 0.3) is 0 Å². The molecule has 18 heavy (non-hydrogen) atoms. The van der Waals surface area contributed by atoms with Crippen LogP contribution in [0.3, 0.4) is 0 Å². The summed E-state index contributed by atoms with van der Waals surface area (Å²) in [7, 11) is 1.65. The summed E-state index contributed by atoms with van der Waals surface area (Å²) in [5.41, 5.74) is 0.519. The number of aliphatic hydroxyl groups is 1.